The zero-order chi connectivity index (χ0) is 74.4. The van der Waals surface area contributed by atoms with Gasteiger partial charge in [-0.25, -0.2) is 49.8 Å². The van der Waals surface area contributed by atoms with Crippen LogP contribution in [0, 0.1) is 0 Å². The van der Waals surface area contributed by atoms with Crippen molar-refractivity contribution in [1.82, 2.24) is 49.8 Å². The number of fused-ring (bicyclic) bond motifs is 9. The lowest BCUT2D eigenvalue weighted by atomic mass is 9.95. The van der Waals surface area contributed by atoms with Crippen LogP contribution < -0.4 is 0 Å². The van der Waals surface area contributed by atoms with Gasteiger partial charge in [0.1, 0.15) is 16.9 Å². The molecule has 0 aliphatic heterocycles. The number of para-hydroxylation sites is 1. The minimum Gasteiger partial charge on any atom is -0.507 e. The summed E-state index contributed by atoms with van der Waals surface area (Å²) in [7, 11) is 0. The summed E-state index contributed by atoms with van der Waals surface area (Å²) in [6, 6.07) is 120. The number of furan rings is 1. The molecule has 7 heterocycles. The van der Waals surface area contributed by atoms with E-state index in [1.165, 1.54) is 5.56 Å². The number of aromatic nitrogens is 10. The first-order valence-corrected chi connectivity index (χ1v) is 38.4. The maximum atomic E-state index is 11.6. The highest BCUT2D eigenvalue weighted by Crippen LogP contribution is 2.47. The smallest absolute Gasteiger partial charge is 0.164 e. The Labute approximate surface area is 650 Å². The Morgan fingerprint density at radius 2 is 0.580 bits per heavy atom. The molecular weight excluding hydrogens is 1410 g/mol. The van der Waals surface area contributed by atoms with Crippen LogP contribution in [-0.2, 0) is 0 Å². The fourth-order valence-corrected chi connectivity index (χ4v) is 17.0. The van der Waals surface area contributed by atoms with E-state index < -0.39 is 0 Å². The van der Waals surface area contributed by atoms with Gasteiger partial charge >= 0.3 is 0 Å². The fraction of sp³-hybridized carbons (Fsp3) is 0. The van der Waals surface area contributed by atoms with E-state index in [0.29, 0.717) is 57.7 Å². The molecule has 12 nitrogen and oxygen atoms in total. The molecule has 0 aliphatic rings. The molecule has 0 spiro atoms. The van der Waals surface area contributed by atoms with Gasteiger partial charge in [0.15, 0.2) is 46.6 Å². The summed E-state index contributed by atoms with van der Waals surface area (Å²) in [6.07, 6.45) is 0. The molecule has 14 heteroatoms. The van der Waals surface area contributed by atoms with Crippen LogP contribution in [0.4, 0.5) is 0 Å². The van der Waals surface area contributed by atoms with Gasteiger partial charge in [0.2, 0.25) is 0 Å². The highest BCUT2D eigenvalue weighted by atomic mass is 32.1. The Morgan fingerprint density at radius 1 is 0.232 bits per heavy atom. The minimum atomic E-state index is 0.121. The van der Waals surface area contributed by atoms with E-state index in [4.69, 9.17) is 54.3 Å². The number of thiophene rings is 2. The maximum Gasteiger partial charge on any atom is 0.164 e. The van der Waals surface area contributed by atoms with Gasteiger partial charge in [-0.2, -0.15) is 0 Å². The summed E-state index contributed by atoms with van der Waals surface area (Å²) in [4.78, 5) is 51.0. The van der Waals surface area contributed by atoms with Gasteiger partial charge in [0.05, 0.1) is 31.8 Å². The van der Waals surface area contributed by atoms with Crippen LogP contribution in [0.15, 0.2) is 362 Å². The van der Waals surface area contributed by atoms with Gasteiger partial charge in [0, 0.05) is 92.1 Å². The highest BCUT2D eigenvalue weighted by molar-refractivity contribution is 7.26. The molecule has 112 heavy (non-hydrogen) atoms. The monoisotopic (exact) mass is 1470 g/mol. The van der Waals surface area contributed by atoms with Crippen LogP contribution in [-0.4, -0.2) is 54.9 Å². The average molecular weight is 1470 g/mol. The third-order valence-corrected chi connectivity index (χ3v) is 22.4. The Bertz CT molecular complexity index is 7010. The lowest BCUT2D eigenvalue weighted by Gasteiger charge is -2.14. The summed E-state index contributed by atoms with van der Waals surface area (Å²) in [6.45, 7) is 0. The van der Waals surface area contributed by atoms with Gasteiger partial charge in [-0.3, -0.25) is 0 Å². The number of phenols is 1. The van der Waals surface area contributed by atoms with Crippen molar-refractivity contribution in [2.75, 3.05) is 0 Å². The first-order valence-electron chi connectivity index (χ1n) is 36.7. The molecule has 0 atom stereocenters. The van der Waals surface area contributed by atoms with Crippen molar-refractivity contribution >= 4 is 85.2 Å². The van der Waals surface area contributed by atoms with Crippen molar-refractivity contribution in [3.8, 4) is 153 Å². The number of nitrogens with zero attached hydrogens (tertiary/aromatic N) is 10. The molecule has 526 valence electrons. The number of aromatic hydroxyl groups is 1. The van der Waals surface area contributed by atoms with E-state index in [0.717, 1.165) is 146 Å². The van der Waals surface area contributed by atoms with Crippen molar-refractivity contribution < 1.29 is 9.52 Å². The number of phenolic OH excluding ortho intramolecular Hbond substituents is 1. The van der Waals surface area contributed by atoms with Crippen LogP contribution in [0.1, 0.15) is 0 Å². The highest BCUT2D eigenvalue weighted by Gasteiger charge is 2.26. The first-order chi connectivity index (χ1) is 55.4. The van der Waals surface area contributed by atoms with Crippen LogP contribution >= 0.6 is 22.7 Å². The SMILES string of the molecule is Oc1cccc(-c2nc(-c3ccccc3)nc(-c3ccccc3)n2)c1-c1cccc(-c2nc(-c3cccc(-c4ccccc4)c3)nc3c2sc2ccccc23)c1.c1ccc(-c2ccc(-c3nc(-c4cccc5c4oc4cccc(-c6nc(-c7ccccc7)nc(-c7ccccc7)n6)c45)c4sc5ccccc5c4n3)cc2)cc1. The van der Waals surface area contributed by atoms with Crippen molar-refractivity contribution in [3.05, 3.63) is 358 Å². The molecule has 21 rings (SSSR count). The van der Waals surface area contributed by atoms with E-state index in [2.05, 4.69) is 170 Å². The normalized spacial score (nSPS) is 11.4. The molecule has 0 unspecified atom stereocenters. The van der Waals surface area contributed by atoms with Gasteiger partial charge < -0.3 is 9.52 Å². The third-order valence-electron chi connectivity index (χ3n) is 20.0. The Hall–Kier alpha value is -14.7. The summed E-state index contributed by atoms with van der Waals surface area (Å²) in [5.74, 6) is 4.79. The topological polar surface area (TPSA) is 162 Å². The van der Waals surface area contributed by atoms with Gasteiger partial charge in [-0.15, -0.1) is 22.7 Å². The maximum absolute atomic E-state index is 11.6. The quantitative estimate of drug-likeness (QED) is 0.116. The van der Waals surface area contributed by atoms with E-state index in [1.54, 1.807) is 28.7 Å². The molecule has 21 aromatic rings. The van der Waals surface area contributed by atoms with E-state index in [9.17, 15) is 5.11 Å². The summed E-state index contributed by atoms with van der Waals surface area (Å²) in [5.41, 5.74) is 19.8. The molecule has 14 aromatic carbocycles. The zero-order valence-electron chi connectivity index (χ0n) is 59.7. The van der Waals surface area contributed by atoms with E-state index in [-0.39, 0.29) is 5.75 Å². The van der Waals surface area contributed by atoms with Gasteiger partial charge in [-0.1, -0.05) is 315 Å². The van der Waals surface area contributed by atoms with Gasteiger partial charge in [-0.05, 0) is 70.3 Å². The van der Waals surface area contributed by atoms with E-state index >= 15 is 0 Å². The number of hydrogen-bond donors (Lipinski definition) is 1. The third kappa shape index (κ3) is 12.6. The fourth-order valence-electron chi connectivity index (χ4n) is 14.7. The second-order valence-electron chi connectivity index (χ2n) is 27.1. The van der Waals surface area contributed by atoms with E-state index in [1.807, 2.05) is 182 Å². The van der Waals surface area contributed by atoms with Crippen molar-refractivity contribution in [1.29, 1.82) is 0 Å². The molecular formula is C98H60N10O2S2. The number of hydrogen-bond acceptors (Lipinski definition) is 14. The van der Waals surface area contributed by atoms with Crippen LogP contribution in [0.2, 0.25) is 0 Å². The molecule has 0 radical (unpaired) electrons. The molecule has 0 amide bonds. The molecule has 0 saturated heterocycles. The average Bonchev–Trinajstić information content (AvgIpc) is 1.61. The Morgan fingerprint density at radius 3 is 1.14 bits per heavy atom. The largest absolute Gasteiger partial charge is 0.507 e. The number of benzene rings is 14. The molecule has 1 N–H and O–H groups in total. The Kier molecular flexibility index (Phi) is 17.1. The Balaban J connectivity index is 0.000000146. The summed E-state index contributed by atoms with van der Waals surface area (Å²) < 4.78 is 11.2. The second kappa shape index (κ2) is 28.8. The molecule has 0 bridgehead atoms. The molecule has 0 aliphatic carbocycles. The lowest BCUT2D eigenvalue weighted by molar-refractivity contribution is 0.477. The molecule has 0 saturated carbocycles. The van der Waals surface area contributed by atoms with Gasteiger partial charge in [0.25, 0.3) is 0 Å². The van der Waals surface area contributed by atoms with Crippen LogP contribution in [0.5, 0.6) is 5.75 Å². The predicted molar refractivity (Wildman–Crippen MR) is 456 cm³/mol. The minimum absolute atomic E-state index is 0.121. The van der Waals surface area contributed by atoms with Crippen LogP contribution in [0.25, 0.3) is 210 Å². The predicted octanol–water partition coefficient (Wildman–Crippen LogP) is 25.3. The van der Waals surface area contributed by atoms with Crippen molar-refractivity contribution in [2.45, 2.75) is 0 Å². The second-order valence-corrected chi connectivity index (χ2v) is 29.2. The first kappa shape index (κ1) is 66.7. The standard InChI is InChI=1S/C49H29N5OS.C49H31N5OS/c1-4-14-30(15-5-1)31-26-28-34(29-27-31)46-50-42-35-20-10-11-25-40(35)56-45(42)43(51-46)38-23-12-21-36-41-37(22-13-24-39(41)55-44(36)38)49-53-47(32-16-6-2-7-17-32)52-48(54-49)33-18-8-3-9-19-33;55-40-27-14-26-39(49-53-46(32-17-6-2-7-18-32)52-47(54-49)33-19-8-3-9-20-33)42(40)35-22-13-23-36(30-35)43-45-44(38-25-10-11-28-41(38)56-45)51-48(50-43)37-24-12-21-34(29-37)31-15-4-1-5-16-31/h1-29H;1-30,55H. The molecule has 7 aromatic heterocycles. The zero-order valence-corrected chi connectivity index (χ0v) is 61.3. The van der Waals surface area contributed by atoms with Crippen molar-refractivity contribution in [3.63, 3.8) is 0 Å². The summed E-state index contributed by atoms with van der Waals surface area (Å²) >= 11 is 3.40. The van der Waals surface area contributed by atoms with Crippen LogP contribution in [0.3, 0.4) is 0 Å². The number of rotatable bonds is 13. The molecule has 0 fully saturated rings. The van der Waals surface area contributed by atoms with Crippen molar-refractivity contribution in [2.24, 2.45) is 0 Å². The summed E-state index contributed by atoms with van der Waals surface area (Å²) in [5, 5.41) is 15.7. The lowest BCUT2D eigenvalue weighted by Crippen LogP contribution is -2.01.